The van der Waals surface area contributed by atoms with Crippen molar-refractivity contribution in [2.45, 2.75) is 26.8 Å². The van der Waals surface area contributed by atoms with Crippen LogP contribution in [0, 0.1) is 5.41 Å². The fourth-order valence-corrected chi connectivity index (χ4v) is 2.69. The number of fused-ring (bicyclic) bond motifs is 1. The molecule has 1 atom stereocenters. The number of benzene rings is 1. The summed E-state index contributed by atoms with van der Waals surface area (Å²) in [6, 6.07) is 12.8. The molecule has 1 amide bonds. The summed E-state index contributed by atoms with van der Waals surface area (Å²) in [7, 11) is 0. The van der Waals surface area contributed by atoms with Crippen molar-refractivity contribution in [3.05, 3.63) is 59.9 Å². The van der Waals surface area contributed by atoms with E-state index in [-0.39, 0.29) is 24.3 Å². The Bertz CT molecular complexity index is 822. The molecule has 1 aliphatic rings. The lowest BCUT2D eigenvalue weighted by Gasteiger charge is -2.26. The molecule has 25 heavy (non-hydrogen) atoms. The van der Waals surface area contributed by atoms with Crippen LogP contribution in [0.4, 0.5) is 5.69 Å². The van der Waals surface area contributed by atoms with Gasteiger partial charge in [-0.1, -0.05) is 45.0 Å². The van der Waals surface area contributed by atoms with Crippen LogP contribution >= 0.6 is 0 Å². The van der Waals surface area contributed by atoms with Crippen molar-refractivity contribution < 1.29 is 9.59 Å². The lowest BCUT2D eigenvalue weighted by Crippen LogP contribution is -2.40. The minimum absolute atomic E-state index is 0.000314. The van der Waals surface area contributed by atoms with E-state index < -0.39 is 5.41 Å². The molecule has 1 aromatic heterocycles. The van der Waals surface area contributed by atoms with Gasteiger partial charge in [0.25, 0.3) is 5.91 Å². The first-order valence-corrected chi connectivity index (χ1v) is 8.26. The van der Waals surface area contributed by atoms with Crippen LogP contribution < -0.4 is 4.90 Å². The third kappa shape index (κ3) is 3.50. The number of hydrogen-bond donors (Lipinski definition) is 0. The first-order valence-electron chi connectivity index (χ1n) is 8.26. The summed E-state index contributed by atoms with van der Waals surface area (Å²) in [6.45, 7) is 5.59. The zero-order chi connectivity index (χ0) is 18.0. The molecular formula is C20H21N3O2. The lowest BCUT2D eigenvalue weighted by atomic mass is 9.90. The molecule has 3 rings (SSSR count). The van der Waals surface area contributed by atoms with E-state index in [0.717, 1.165) is 11.3 Å². The molecule has 0 saturated carbocycles. The number of aromatic nitrogens is 1. The molecular weight excluding hydrogens is 314 g/mol. The maximum Gasteiger partial charge on any atom is 0.269 e. The Balaban J connectivity index is 2.06. The Morgan fingerprint density at radius 3 is 2.52 bits per heavy atom. The van der Waals surface area contributed by atoms with Crippen LogP contribution in [-0.2, 0) is 9.59 Å². The summed E-state index contributed by atoms with van der Waals surface area (Å²) in [5.41, 5.74) is 1.82. The zero-order valence-corrected chi connectivity index (χ0v) is 14.6. The van der Waals surface area contributed by atoms with Gasteiger partial charge >= 0.3 is 0 Å². The molecule has 0 radical (unpaired) electrons. The minimum Gasteiger partial charge on any atom is -0.300 e. The summed E-state index contributed by atoms with van der Waals surface area (Å²) < 4.78 is 0. The molecule has 2 heterocycles. The van der Waals surface area contributed by atoms with Gasteiger partial charge in [0.1, 0.15) is 6.04 Å². The maximum absolute atomic E-state index is 12.6. The summed E-state index contributed by atoms with van der Waals surface area (Å²) in [5.74, 6) is -0.288. The zero-order valence-electron chi connectivity index (χ0n) is 14.6. The van der Waals surface area contributed by atoms with Gasteiger partial charge < -0.3 is 0 Å². The number of carbonyl (C=O) groups excluding carboxylic acids is 2. The van der Waals surface area contributed by atoms with Crippen LogP contribution in [0.2, 0.25) is 0 Å². The first-order chi connectivity index (χ1) is 11.9. The van der Waals surface area contributed by atoms with Crippen molar-refractivity contribution in [2.75, 3.05) is 11.4 Å². The highest BCUT2D eigenvalue weighted by Crippen LogP contribution is 2.34. The van der Waals surface area contributed by atoms with Crippen LogP contribution in [-0.4, -0.2) is 29.4 Å². The van der Waals surface area contributed by atoms with Crippen molar-refractivity contribution in [2.24, 2.45) is 10.4 Å². The van der Waals surface area contributed by atoms with Gasteiger partial charge in [-0.2, -0.15) is 0 Å². The van der Waals surface area contributed by atoms with Crippen molar-refractivity contribution in [3.63, 3.8) is 0 Å². The number of hydrogen-bond acceptors (Lipinski definition) is 4. The normalized spacial score (nSPS) is 17.2. The molecule has 0 spiro atoms. The number of nitrogens with zero attached hydrogens (tertiary/aromatic N) is 3. The maximum atomic E-state index is 12.6. The smallest absolute Gasteiger partial charge is 0.269 e. The SMILES string of the molecule is CC(C)(C)C(=O)CN1C(=O)C=NC(c2ccccn2)c2ccccc21. The molecule has 1 aromatic carbocycles. The number of ketones is 1. The predicted octanol–water partition coefficient (Wildman–Crippen LogP) is 3.20. The quantitative estimate of drug-likeness (QED) is 0.865. The molecule has 0 aliphatic carbocycles. The Hall–Kier alpha value is -2.82. The fourth-order valence-electron chi connectivity index (χ4n) is 2.69. The van der Waals surface area contributed by atoms with E-state index in [9.17, 15) is 9.59 Å². The van der Waals surface area contributed by atoms with Gasteiger partial charge in [-0.15, -0.1) is 0 Å². The molecule has 0 bridgehead atoms. The number of amides is 1. The van der Waals surface area contributed by atoms with Crippen LogP contribution in [0.25, 0.3) is 0 Å². The van der Waals surface area contributed by atoms with E-state index in [2.05, 4.69) is 9.98 Å². The first kappa shape index (κ1) is 17.0. The van der Waals surface area contributed by atoms with Gasteiger partial charge in [-0.25, -0.2) is 0 Å². The largest absolute Gasteiger partial charge is 0.300 e. The number of rotatable bonds is 3. The Morgan fingerprint density at radius 2 is 1.84 bits per heavy atom. The Labute approximate surface area is 147 Å². The second kappa shape index (κ2) is 6.59. The van der Waals surface area contributed by atoms with Crippen molar-refractivity contribution in [3.8, 4) is 0 Å². The number of anilines is 1. The molecule has 2 aromatic rings. The van der Waals surface area contributed by atoms with Gasteiger partial charge in [-0.3, -0.25) is 24.5 Å². The van der Waals surface area contributed by atoms with Gasteiger partial charge in [0.05, 0.1) is 24.1 Å². The standard InChI is InChI=1S/C20H21N3O2/c1-20(2,3)17(24)13-23-16-10-5-4-8-14(16)19(22-12-18(23)25)15-9-6-7-11-21-15/h4-12,19H,13H2,1-3H3. The molecule has 0 saturated heterocycles. The van der Waals surface area contributed by atoms with Crippen molar-refractivity contribution in [1.82, 2.24) is 4.98 Å². The molecule has 0 fully saturated rings. The second-order valence-corrected chi connectivity index (χ2v) is 7.09. The summed E-state index contributed by atoms with van der Waals surface area (Å²) in [6.07, 6.45) is 3.01. The van der Waals surface area contributed by atoms with E-state index in [1.807, 2.05) is 63.2 Å². The number of pyridine rings is 1. The molecule has 128 valence electrons. The molecule has 0 N–H and O–H groups in total. The molecule has 1 aliphatic heterocycles. The number of para-hydroxylation sites is 1. The molecule has 5 nitrogen and oxygen atoms in total. The minimum atomic E-state index is -0.515. The fraction of sp³-hybridized carbons (Fsp3) is 0.300. The molecule has 5 heteroatoms. The van der Waals surface area contributed by atoms with Crippen LogP contribution in [0.15, 0.2) is 53.7 Å². The van der Waals surface area contributed by atoms with Crippen LogP contribution in [0.5, 0.6) is 0 Å². The second-order valence-electron chi connectivity index (χ2n) is 7.09. The van der Waals surface area contributed by atoms with Crippen LogP contribution in [0.3, 0.4) is 0 Å². The predicted molar refractivity (Wildman–Crippen MR) is 97.8 cm³/mol. The summed E-state index contributed by atoms with van der Waals surface area (Å²) in [5, 5.41) is 0. The van der Waals surface area contributed by atoms with Crippen molar-refractivity contribution >= 4 is 23.6 Å². The average molecular weight is 335 g/mol. The third-order valence-electron chi connectivity index (χ3n) is 4.23. The number of Topliss-reactive ketones (excluding diaryl/α,β-unsaturated/α-hetero) is 1. The highest BCUT2D eigenvalue weighted by atomic mass is 16.2. The highest BCUT2D eigenvalue weighted by Gasteiger charge is 2.31. The number of aliphatic imine (C=N–C) groups is 1. The monoisotopic (exact) mass is 335 g/mol. The van der Waals surface area contributed by atoms with Gasteiger partial charge in [0.2, 0.25) is 0 Å². The van der Waals surface area contributed by atoms with Gasteiger partial charge in [0.15, 0.2) is 5.78 Å². The topological polar surface area (TPSA) is 62.6 Å². The Kier molecular flexibility index (Phi) is 4.49. The van der Waals surface area contributed by atoms with E-state index in [1.54, 1.807) is 6.20 Å². The lowest BCUT2D eigenvalue weighted by molar-refractivity contribution is -0.126. The molecule has 1 unspecified atom stereocenters. The van der Waals surface area contributed by atoms with E-state index in [0.29, 0.717) is 5.69 Å². The van der Waals surface area contributed by atoms with Gasteiger partial charge in [0, 0.05) is 17.2 Å². The van der Waals surface area contributed by atoms with Crippen LogP contribution in [0.1, 0.15) is 38.1 Å². The number of carbonyl (C=O) groups is 2. The van der Waals surface area contributed by atoms with Gasteiger partial charge in [-0.05, 0) is 18.2 Å². The van der Waals surface area contributed by atoms with E-state index >= 15 is 0 Å². The average Bonchev–Trinajstić information content (AvgIpc) is 2.73. The summed E-state index contributed by atoms with van der Waals surface area (Å²) in [4.78, 5) is 35.5. The van der Waals surface area contributed by atoms with E-state index in [4.69, 9.17) is 0 Å². The Morgan fingerprint density at radius 1 is 1.12 bits per heavy atom. The highest BCUT2D eigenvalue weighted by molar-refractivity contribution is 6.34. The van der Waals surface area contributed by atoms with E-state index in [1.165, 1.54) is 11.1 Å². The van der Waals surface area contributed by atoms with Crippen molar-refractivity contribution in [1.29, 1.82) is 0 Å². The summed E-state index contributed by atoms with van der Waals surface area (Å²) >= 11 is 0. The third-order valence-corrected chi connectivity index (χ3v) is 4.23.